The summed E-state index contributed by atoms with van der Waals surface area (Å²) in [6.45, 7) is 0.914. The smallest absolute Gasteiger partial charge is 0.279 e. The fraction of sp³-hybridized carbons (Fsp3) is 0.176. The van der Waals surface area contributed by atoms with Gasteiger partial charge in [-0.3, -0.25) is 4.79 Å². The molecule has 2 N–H and O–H groups in total. The zero-order valence-corrected chi connectivity index (χ0v) is 14.7. The number of halogens is 1. The van der Waals surface area contributed by atoms with Crippen molar-refractivity contribution in [3.8, 4) is 10.6 Å². The third-order valence-corrected chi connectivity index (χ3v) is 4.63. The molecule has 2 heterocycles. The van der Waals surface area contributed by atoms with Gasteiger partial charge >= 0.3 is 0 Å². The van der Waals surface area contributed by atoms with Crippen LogP contribution in [0.15, 0.2) is 52.4 Å². The van der Waals surface area contributed by atoms with E-state index in [1.807, 2.05) is 42.8 Å². The number of rotatable bonds is 6. The van der Waals surface area contributed by atoms with Crippen LogP contribution >= 0.6 is 22.9 Å². The lowest BCUT2D eigenvalue weighted by atomic mass is 10.3. The van der Waals surface area contributed by atoms with E-state index in [1.165, 1.54) is 0 Å². The van der Waals surface area contributed by atoms with Gasteiger partial charge in [-0.1, -0.05) is 35.0 Å². The molecule has 124 valence electrons. The lowest BCUT2D eigenvalue weighted by Crippen LogP contribution is -3.08. The Morgan fingerprint density at radius 2 is 2.17 bits per heavy atom. The zero-order chi connectivity index (χ0) is 16.9. The fourth-order valence-electron chi connectivity index (χ4n) is 2.33. The van der Waals surface area contributed by atoms with E-state index in [2.05, 4.69) is 10.5 Å². The van der Waals surface area contributed by atoms with Crippen molar-refractivity contribution < 1.29 is 14.2 Å². The summed E-state index contributed by atoms with van der Waals surface area (Å²) >= 11 is 7.65. The Kier molecular flexibility index (Phi) is 5.30. The van der Waals surface area contributed by atoms with Crippen LogP contribution in [-0.4, -0.2) is 24.7 Å². The van der Waals surface area contributed by atoms with E-state index in [-0.39, 0.29) is 5.91 Å². The van der Waals surface area contributed by atoms with E-state index in [1.54, 1.807) is 23.5 Å². The molecule has 2 aromatic heterocycles. The molecule has 0 aliphatic carbocycles. The topological polar surface area (TPSA) is 59.6 Å². The number of para-hydroxylation sites is 1. The van der Waals surface area contributed by atoms with E-state index in [0.717, 1.165) is 21.2 Å². The average molecular weight is 363 g/mol. The molecule has 0 bridgehead atoms. The van der Waals surface area contributed by atoms with Crippen LogP contribution in [-0.2, 0) is 11.3 Å². The van der Waals surface area contributed by atoms with Crippen LogP contribution in [0.4, 0.5) is 5.69 Å². The number of hydrogen-bond acceptors (Lipinski definition) is 4. The average Bonchev–Trinajstić information content (AvgIpc) is 3.20. The first-order valence-corrected chi connectivity index (χ1v) is 8.73. The molecule has 3 rings (SSSR count). The van der Waals surface area contributed by atoms with Crippen LogP contribution in [0, 0.1) is 0 Å². The second-order valence-corrected chi connectivity index (χ2v) is 6.85. The van der Waals surface area contributed by atoms with Gasteiger partial charge in [0.05, 0.1) is 22.6 Å². The molecule has 0 spiro atoms. The molecule has 1 unspecified atom stereocenters. The number of aromatic nitrogens is 1. The highest BCUT2D eigenvalue weighted by Gasteiger charge is 2.15. The Hall–Kier alpha value is -2.15. The molecular formula is C17H17ClN3O2S+. The lowest BCUT2D eigenvalue weighted by molar-refractivity contribution is -0.885. The van der Waals surface area contributed by atoms with Crippen LogP contribution < -0.4 is 10.2 Å². The second kappa shape index (κ2) is 7.61. The molecule has 1 aromatic carbocycles. The number of nitrogens with zero attached hydrogens (tertiary/aromatic N) is 1. The monoisotopic (exact) mass is 362 g/mol. The van der Waals surface area contributed by atoms with Gasteiger partial charge in [-0.15, -0.1) is 11.3 Å². The first kappa shape index (κ1) is 16.7. The highest BCUT2D eigenvalue weighted by atomic mass is 35.5. The number of hydrogen-bond donors (Lipinski definition) is 2. The minimum atomic E-state index is -0.0948. The SMILES string of the molecule is C[NH+](CC(=O)Nc1ccccc1Cl)Cc1cc(-c2cccs2)on1. The Balaban J connectivity index is 1.55. The Labute approximate surface area is 148 Å². The minimum Gasteiger partial charge on any atom is -0.355 e. The number of benzene rings is 1. The summed E-state index contributed by atoms with van der Waals surface area (Å²) < 4.78 is 5.36. The molecular weight excluding hydrogens is 346 g/mol. The number of amides is 1. The number of anilines is 1. The van der Waals surface area contributed by atoms with Crippen molar-refractivity contribution in [1.82, 2.24) is 5.16 Å². The van der Waals surface area contributed by atoms with E-state index in [0.29, 0.717) is 23.8 Å². The predicted molar refractivity (Wildman–Crippen MR) is 95.4 cm³/mol. The molecule has 5 nitrogen and oxygen atoms in total. The maximum Gasteiger partial charge on any atom is 0.279 e. The maximum atomic E-state index is 12.1. The van der Waals surface area contributed by atoms with Crippen molar-refractivity contribution in [3.05, 3.63) is 58.6 Å². The fourth-order valence-corrected chi connectivity index (χ4v) is 3.19. The molecule has 0 radical (unpaired) electrons. The minimum absolute atomic E-state index is 0.0948. The van der Waals surface area contributed by atoms with Crippen LogP contribution in [0.1, 0.15) is 5.69 Å². The van der Waals surface area contributed by atoms with Crippen molar-refractivity contribution >= 4 is 34.5 Å². The first-order valence-electron chi connectivity index (χ1n) is 7.47. The molecule has 0 aliphatic rings. The van der Waals surface area contributed by atoms with Gasteiger partial charge < -0.3 is 14.7 Å². The van der Waals surface area contributed by atoms with Crippen molar-refractivity contribution in [3.63, 3.8) is 0 Å². The standard InChI is InChI=1S/C17H16ClN3O2S/c1-21(11-17(22)19-14-6-3-2-5-13(14)18)10-12-9-15(23-20-12)16-7-4-8-24-16/h2-9H,10-11H2,1H3,(H,19,22)/p+1. The Bertz CT molecular complexity index is 817. The van der Waals surface area contributed by atoms with Gasteiger partial charge in [0.25, 0.3) is 5.91 Å². The summed E-state index contributed by atoms with van der Waals surface area (Å²) in [5.41, 5.74) is 1.44. The van der Waals surface area contributed by atoms with E-state index >= 15 is 0 Å². The number of carbonyl (C=O) groups excluding carboxylic acids is 1. The van der Waals surface area contributed by atoms with Crippen LogP contribution in [0.2, 0.25) is 5.02 Å². The molecule has 1 atom stereocenters. The molecule has 24 heavy (non-hydrogen) atoms. The lowest BCUT2D eigenvalue weighted by Gasteiger charge is -2.12. The maximum absolute atomic E-state index is 12.1. The third kappa shape index (κ3) is 4.23. The van der Waals surface area contributed by atoms with Crippen molar-refractivity contribution in [1.29, 1.82) is 0 Å². The highest BCUT2D eigenvalue weighted by molar-refractivity contribution is 7.13. The largest absolute Gasteiger partial charge is 0.355 e. The summed E-state index contributed by atoms with van der Waals surface area (Å²) in [6, 6.07) is 13.1. The molecule has 7 heteroatoms. The number of thiophene rings is 1. The molecule has 3 aromatic rings. The highest BCUT2D eigenvalue weighted by Crippen LogP contribution is 2.24. The Morgan fingerprint density at radius 3 is 2.92 bits per heavy atom. The van der Waals surface area contributed by atoms with Crippen LogP contribution in [0.3, 0.4) is 0 Å². The van der Waals surface area contributed by atoms with E-state index in [9.17, 15) is 4.79 Å². The number of quaternary nitrogens is 1. The summed E-state index contributed by atoms with van der Waals surface area (Å²) in [7, 11) is 1.94. The Morgan fingerprint density at radius 1 is 1.33 bits per heavy atom. The van der Waals surface area contributed by atoms with Gasteiger partial charge in [-0.25, -0.2) is 0 Å². The molecule has 0 saturated carbocycles. The van der Waals surface area contributed by atoms with Gasteiger partial charge in [0.1, 0.15) is 12.2 Å². The predicted octanol–water partition coefficient (Wildman–Crippen LogP) is 2.71. The molecule has 0 saturated heterocycles. The van der Waals surface area contributed by atoms with Crippen molar-refractivity contribution in [2.45, 2.75) is 6.54 Å². The van der Waals surface area contributed by atoms with E-state index < -0.39 is 0 Å². The molecule has 0 aliphatic heterocycles. The van der Waals surface area contributed by atoms with Crippen molar-refractivity contribution in [2.24, 2.45) is 0 Å². The van der Waals surface area contributed by atoms with Crippen LogP contribution in [0.25, 0.3) is 10.6 Å². The summed E-state index contributed by atoms with van der Waals surface area (Å²) in [5.74, 6) is 0.663. The molecule has 1 amide bonds. The third-order valence-electron chi connectivity index (χ3n) is 3.42. The summed E-state index contributed by atoms with van der Waals surface area (Å²) in [5, 5.41) is 9.42. The van der Waals surface area contributed by atoms with Gasteiger partial charge in [0, 0.05) is 6.07 Å². The molecule has 0 fully saturated rings. The van der Waals surface area contributed by atoms with Gasteiger partial charge in [-0.2, -0.15) is 0 Å². The number of nitrogens with one attached hydrogen (secondary N) is 2. The summed E-state index contributed by atoms with van der Waals surface area (Å²) in [4.78, 5) is 14.2. The van der Waals surface area contributed by atoms with E-state index in [4.69, 9.17) is 16.1 Å². The van der Waals surface area contributed by atoms with Gasteiger partial charge in [0.15, 0.2) is 12.3 Å². The first-order chi connectivity index (χ1) is 11.6. The van der Waals surface area contributed by atoms with Crippen molar-refractivity contribution in [2.75, 3.05) is 18.9 Å². The van der Waals surface area contributed by atoms with Crippen LogP contribution in [0.5, 0.6) is 0 Å². The van der Waals surface area contributed by atoms with Gasteiger partial charge in [-0.05, 0) is 23.6 Å². The van der Waals surface area contributed by atoms with Gasteiger partial charge in [0.2, 0.25) is 0 Å². The zero-order valence-electron chi connectivity index (χ0n) is 13.1. The quantitative estimate of drug-likeness (QED) is 0.708. The number of likely N-dealkylation sites (N-methyl/N-ethyl adjacent to an activating group) is 1. The summed E-state index contributed by atoms with van der Waals surface area (Å²) in [6.07, 6.45) is 0. The second-order valence-electron chi connectivity index (χ2n) is 5.50. The normalized spacial score (nSPS) is 12.1. The number of carbonyl (C=O) groups is 1.